The minimum absolute atomic E-state index is 0.202. The summed E-state index contributed by atoms with van der Waals surface area (Å²) < 4.78 is 5.10. The fraction of sp³-hybridized carbons (Fsp3) is 0.200. The minimum Gasteiger partial charge on any atom is -0.497 e. The van der Waals surface area contributed by atoms with Crippen molar-refractivity contribution in [2.75, 3.05) is 12.4 Å². The molecule has 0 aliphatic heterocycles. The Morgan fingerprint density at radius 1 is 1.19 bits per heavy atom. The van der Waals surface area contributed by atoms with Crippen LogP contribution >= 0.6 is 22.9 Å². The first-order valence-corrected chi connectivity index (χ1v) is 9.44. The Morgan fingerprint density at radius 2 is 1.92 bits per heavy atom. The molecule has 0 aliphatic carbocycles. The molecule has 2 aromatic carbocycles. The number of rotatable bonds is 5. The van der Waals surface area contributed by atoms with Gasteiger partial charge in [0, 0.05) is 28.1 Å². The quantitative estimate of drug-likeness (QED) is 0.598. The lowest BCUT2D eigenvalue weighted by Gasteiger charge is -2.08. The van der Waals surface area contributed by atoms with Crippen LogP contribution in [0, 0.1) is 0 Å². The lowest BCUT2D eigenvalue weighted by Crippen LogP contribution is -2.11. The lowest BCUT2D eigenvalue weighted by molar-refractivity contribution is 0.102. The zero-order valence-electron chi connectivity index (χ0n) is 14.7. The predicted octanol–water partition coefficient (Wildman–Crippen LogP) is 5.85. The molecule has 0 spiro atoms. The number of nitrogens with one attached hydrogen (secondary N) is 1. The van der Waals surface area contributed by atoms with Crippen LogP contribution in [0.2, 0.25) is 5.02 Å². The number of carbonyl (C=O) groups excluding carboxylic acids is 1. The van der Waals surface area contributed by atoms with Gasteiger partial charge in [-0.25, -0.2) is 4.98 Å². The molecule has 0 bridgehead atoms. The molecule has 0 unspecified atom stereocenters. The molecule has 3 aromatic rings. The Kier molecular flexibility index (Phi) is 5.59. The SMILES string of the molecule is COc1ccc(C(=O)Nc2ccc(-c3csc(C(C)C)n3)c(Cl)c2)cc1. The molecule has 0 fully saturated rings. The lowest BCUT2D eigenvalue weighted by atomic mass is 10.1. The Balaban J connectivity index is 1.77. The smallest absolute Gasteiger partial charge is 0.255 e. The highest BCUT2D eigenvalue weighted by Gasteiger charge is 2.12. The van der Waals surface area contributed by atoms with Crippen molar-refractivity contribution in [3.05, 3.63) is 63.4 Å². The number of aromatic nitrogens is 1. The molecule has 4 nitrogen and oxygen atoms in total. The molecule has 0 atom stereocenters. The largest absolute Gasteiger partial charge is 0.497 e. The molecule has 0 saturated heterocycles. The third-order valence-corrected chi connectivity index (χ3v) is 5.33. The molecule has 1 amide bonds. The first-order chi connectivity index (χ1) is 12.5. The first-order valence-electron chi connectivity index (χ1n) is 8.18. The van der Waals surface area contributed by atoms with E-state index in [4.69, 9.17) is 16.3 Å². The minimum atomic E-state index is -0.202. The number of hydrogen-bond donors (Lipinski definition) is 1. The summed E-state index contributed by atoms with van der Waals surface area (Å²) in [6, 6.07) is 12.4. The van der Waals surface area contributed by atoms with Crippen molar-refractivity contribution >= 4 is 34.5 Å². The van der Waals surface area contributed by atoms with E-state index in [1.54, 1.807) is 48.8 Å². The number of benzene rings is 2. The van der Waals surface area contributed by atoms with Crippen LogP contribution in [0.5, 0.6) is 5.75 Å². The van der Waals surface area contributed by atoms with E-state index in [0.717, 1.165) is 16.3 Å². The Hall–Kier alpha value is -2.37. The van der Waals surface area contributed by atoms with E-state index in [0.29, 0.717) is 27.9 Å². The standard InChI is InChI=1S/C20H19ClN2O2S/c1-12(2)20-23-18(11-26-20)16-9-6-14(10-17(16)21)22-19(24)13-4-7-15(25-3)8-5-13/h4-12H,1-3H3,(H,22,24). The number of amides is 1. The summed E-state index contributed by atoms with van der Waals surface area (Å²) in [5.74, 6) is 0.890. The molecule has 6 heteroatoms. The monoisotopic (exact) mass is 386 g/mol. The van der Waals surface area contributed by atoms with E-state index in [1.165, 1.54) is 0 Å². The van der Waals surface area contributed by atoms with Crippen LogP contribution < -0.4 is 10.1 Å². The van der Waals surface area contributed by atoms with Crippen LogP contribution in [0.4, 0.5) is 5.69 Å². The van der Waals surface area contributed by atoms with Crippen molar-refractivity contribution < 1.29 is 9.53 Å². The maximum atomic E-state index is 12.4. The third-order valence-electron chi connectivity index (χ3n) is 3.87. The number of carbonyl (C=O) groups is 1. The van der Waals surface area contributed by atoms with Gasteiger partial charge in [-0.3, -0.25) is 4.79 Å². The van der Waals surface area contributed by atoms with Crippen LogP contribution in [0.25, 0.3) is 11.3 Å². The van der Waals surface area contributed by atoms with Crippen LogP contribution in [-0.2, 0) is 0 Å². The van der Waals surface area contributed by atoms with E-state index in [2.05, 4.69) is 24.1 Å². The van der Waals surface area contributed by atoms with Gasteiger partial charge < -0.3 is 10.1 Å². The summed E-state index contributed by atoms with van der Waals surface area (Å²) in [5, 5.41) is 6.49. The Bertz CT molecular complexity index is 920. The van der Waals surface area contributed by atoms with Gasteiger partial charge in [0.05, 0.1) is 22.8 Å². The highest BCUT2D eigenvalue weighted by Crippen LogP contribution is 2.32. The fourth-order valence-corrected chi connectivity index (χ4v) is 3.54. The summed E-state index contributed by atoms with van der Waals surface area (Å²) >= 11 is 8.05. The fourth-order valence-electron chi connectivity index (χ4n) is 2.42. The number of ether oxygens (including phenoxy) is 1. The summed E-state index contributed by atoms with van der Waals surface area (Å²) in [6.07, 6.45) is 0. The summed E-state index contributed by atoms with van der Waals surface area (Å²) in [5.41, 5.74) is 2.90. The van der Waals surface area contributed by atoms with E-state index in [9.17, 15) is 4.79 Å². The van der Waals surface area contributed by atoms with Gasteiger partial charge in [0.15, 0.2) is 0 Å². The van der Waals surface area contributed by atoms with Gasteiger partial charge in [0.1, 0.15) is 5.75 Å². The number of halogens is 1. The van der Waals surface area contributed by atoms with Gasteiger partial charge in [-0.2, -0.15) is 0 Å². The molecule has 1 N–H and O–H groups in total. The number of thiazole rings is 1. The molecule has 0 aliphatic rings. The zero-order chi connectivity index (χ0) is 18.7. The predicted molar refractivity (Wildman–Crippen MR) is 108 cm³/mol. The van der Waals surface area contributed by atoms with Crippen molar-refractivity contribution in [1.82, 2.24) is 4.98 Å². The second kappa shape index (κ2) is 7.89. The van der Waals surface area contributed by atoms with Crippen LogP contribution in [0.3, 0.4) is 0 Å². The molecule has 1 aromatic heterocycles. The van der Waals surface area contributed by atoms with Gasteiger partial charge in [-0.15, -0.1) is 11.3 Å². The molecular weight excluding hydrogens is 368 g/mol. The van der Waals surface area contributed by atoms with Gasteiger partial charge in [-0.05, 0) is 42.5 Å². The summed E-state index contributed by atoms with van der Waals surface area (Å²) in [7, 11) is 1.59. The van der Waals surface area contributed by atoms with Gasteiger partial charge >= 0.3 is 0 Å². The van der Waals surface area contributed by atoms with Crippen molar-refractivity contribution in [2.24, 2.45) is 0 Å². The van der Waals surface area contributed by atoms with Crippen LogP contribution in [0.1, 0.15) is 35.1 Å². The first kappa shape index (κ1) is 18.4. The number of methoxy groups -OCH3 is 1. The Labute approximate surface area is 161 Å². The van der Waals surface area contributed by atoms with E-state index < -0.39 is 0 Å². The Morgan fingerprint density at radius 3 is 2.50 bits per heavy atom. The molecule has 134 valence electrons. The normalized spacial score (nSPS) is 10.8. The van der Waals surface area contributed by atoms with Crippen molar-refractivity contribution in [3.63, 3.8) is 0 Å². The highest BCUT2D eigenvalue weighted by atomic mass is 35.5. The second-order valence-corrected chi connectivity index (χ2v) is 7.40. The van der Waals surface area contributed by atoms with Crippen molar-refractivity contribution in [2.45, 2.75) is 19.8 Å². The van der Waals surface area contributed by atoms with E-state index in [-0.39, 0.29) is 5.91 Å². The molecule has 26 heavy (non-hydrogen) atoms. The summed E-state index contributed by atoms with van der Waals surface area (Å²) in [6.45, 7) is 4.23. The number of hydrogen-bond acceptors (Lipinski definition) is 4. The van der Waals surface area contributed by atoms with E-state index >= 15 is 0 Å². The van der Waals surface area contributed by atoms with Crippen LogP contribution in [-0.4, -0.2) is 18.0 Å². The maximum absolute atomic E-state index is 12.4. The van der Waals surface area contributed by atoms with Gasteiger partial charge in [0.25, 0.3) is 5.91 Å². The van der Waals surface area contributed by atoms with Crippen LogP contribution in [0.15, 0.2) is 47.8 Å². The van der Waals surface area contributed by atoms with Crippen molar-refractivity contribution in [1.29, 1.82) is 0 Å². The second-order valence-electron chi connectivity index (χ2n) is 6.10. The van der Waals surface area contributed by atoms with Gasteiger partial charge in [0.2, 0.25) is 0 Å². The molecular formula is C20H19ClN2O2S. The molecule has 3 rings (SSSR count). The molecule has 1 heterocycles. The molecule has 0 saturated carbocycles. The third kappa shape index (κ3) is 4.06. The number of nitrogens with zero attached hydrogens (tertiary/aromatic N) is 1. The maximum Gasteiger partial charge on any atom is 0.255 e. The zero-order valence-corrected chi connectivity index (χ0v) is 16.3. The average molecular weight is 387 g/mol. The van der Waals surface area contributed by atoms with Crippen molar-refractivity contribution in [3.8, 4) is 17.0 Å². The topological polar surface area (TPSA) is 51.2 Å². The summed E-state index contributed by atoms with van der Waals surface area (Å²) in [4.78, 5) is 17.0. The molecule has 0 radical (unpaired) electrons. The van der Waals surface area contributed by atoms with Gasteiger partial charge in [-0.1, -0.05) is 25.4 Å². The average Bonchev–Trinajstić information content (AvgIpc) is 3.12. The van der Waals surface area contributed by atoms with E-state index in [1.807, 2.05) is 17.5 Å². The number of anilines is 1. The highest BCUT2D eigenvalue weighted by molar-refractivity contribution is 7.10.